The lowest BCUT2D eigenvalue weighted by Gasteiger charge is -2.27. The van der Waals surface area contributed by atoms with Crippen molar-refractivity contribution in [2.75, 3.05) is 18.5 Å². The van der Waals surface area contributed by atoms with Gasteiger partial charge in [0.2, 0.25) is 0 Å². The van der Waals surface area contributed by atoms with Crippen molar-refractivity contribution >= 4 is 23.2 Å². The van der Waals surface area contributed by atoms with Crippen LogP contribution in [0.5, 0.6) is 5.75 Å². The van der Waals surface area contributed by atoms with E-state index in [4.69, 9.17) is 21.1 Å². The average molecular weight is 328 g/mol. The molecule has 1 atom stereocenters. The normalized spacial score (nSPS) is 13.5. The Balaban J connectivity index is 2.76. The van der Waals surface area contributed by atoms with Crippen LogP contribution in [0.25, 0.3) is 0 Å². The molecule has 0 aliphatic carbocycles. The third-order valence-corrected chi connectivity index (χ3v) is 3.73. The van der Waals surface area contributed by atoms with Crippen LogP contribution >= 0.6 is 11.6 Å². The first kappa shape index (κ1) is 18.8. The fourth-order valence-corrected chi connectivity index (χ4v) is 2.06. The highest BCUT2D eigenvalue weighted by molar-refractivity contribution is 6.32. The second-order valence-electron chi connectivity index (χ2n) is 5.38. The first-order valence-electron chi connectivity index (χ1n) is 7.84. The van der Waals surface area contributed by atoms with Gasteiger partial charge in [-0.25, -0.2) is 0 Å². The number of hydrogen-bond donors (Lipinski definition) is 1. The van der Waals surface area contributed by atoms with Crippen molar-refractivity contribution < 1.29 is 14.3 Å². The van der Waals surface area contributed by atoms with Crippen LogP contribution in [0.2, 0.25) is 5.02 Å². The Morgan fingerprint density at radius 1 is 1.23 bits per heavy atom. The van der Waals surface area contributed by atoms with E-state index in [9.17, 15) is 4.79 Å². The van der Waals surface area contributed by atoms with Gasteiger partial charge in [-0.05, 0) is 44.4 Å². The van der Waals surface area contributed by atoms with E-state index in [1.165, 1.54) is 0 Å². The van der Waals surface area contributed by atoms with Crippen molar-refractivity contribution in [3.63, 3.8) is 0 Å². The number of halogens is 1. The van der Waals surface area contributed by atoms with Gasteiger partial charge in [0.25, 0.3) is 5.91 Å². The minimum atomic E-state index is -0.833. The maximum atomic E-state index is 12.4. The van der Waals surface area contributed by atoms with Gasteiger partial charge >= 0.3 is 0 Å². The Kier molecular flexibility index (Phi) is 7.69. The van der Waals surface area contributed by atoms with Crippen molar-refractivity contribution in [2.45, 2.75) is 52.6 Å². The molecule has 1 N–H and O–H groups in total. The lowest BCUT2D eigenvalue weighted by molar-refractivity contribution is -0.139. The monoisotopic (exact) mass is 327 g/mol. The Morgan fingerprint density at radius 2 is 1.91 bits per heavy atom. The molecule has 1 aromatic carbocycles. The largest absolute Gasteiger partial charge is 0.492 e. The standard InChI is InChI=1S/C17H26ClNO3/c1-5-10-21-15-9-8-13(12-14(15)18)19-16(20)17(4,7-3)22-11-6-2/h8-9,12H,5-7,10-11H2,1-4H3,(H,19,20)/t17-/m1/s1. The van der Waals surface area contributed by atoms with Gasteiger partial charge < -0.3 is 14.8 Å². The molecule has 0 spiro atoms. The molecule has 1 rings (SSSR count). The summed E-state index contributed by atoms with van der Waals surface area (Å²) in [5.41, 5.74) is -0.196. The predicted octanol–water partition coefficient (Wildman–Crippen LogP) is 4.66. The molecule has 0 heterocycles. The number of carbonyl (C=O) groups is 1. The molecule has 124 valence electrons. The van der Waals surface area contributed by atoms with E-state index in [0.717, 1.165) is 12.8 Å². The van der Waals surface area contributed by atoms with Crippen LogP contribution in [-0.4, -0.2) is 24.7 Å². The molecular formula is C17H26ClNO3. The second kappa shape index (κ2) is 9.01. The summed E-state index contributed by atoms with van der Waals surface area (Å²) in [6, 6.07) is 5.24. The summed E-state index contributed by atoms with van der Waals surface area (Å²) in [4.78, 5) is 12.4. The van der Waals surface area contributed by atoms with Crippen molar-refractivity contribution in [2.24, 2.45) is 0 Å². The summed E-state index contributed by atoms with van der Waals surface area (Å²) in [6.07, 6.45) is 2.39. The average Bonchev–Trinajstić information content (AvgIpc) is 2.51. The van der Waals surface area contributed by atoms with Crippen molar-refractivity contribution in [1.82, 2.24) is 0 Å². The van der Waals surface area contributed by atoms with Crippen LogP contribution < -0.4 is 10.1 Å². The molecule has 0 unspecified atom stereocenters. The van der Waals surface area contributed by atoms with Gasteiger partial charge in [0.15, 0.2) is 0 Å². The number of rotatable bonds is 9. The molecule has 22 heavy (non-hydrogen) atoms. The Labute approximate surface area is 138 Å². The first-order chi connectivity index (χ1) is 10.5. The highest BCUT2D eigenvalue weighted by Gasteiger charge is 2.32. The molecule has 5 heteroatoms. The van der Waals surface area contributed by atoms with Crippen LogP contribution in [0.3, 0.4) is 0 Å². The molecule has 1 aromatic rings. The van der Waals surface area contributed by atoms with E-state index in [2.05, 4.69) is 5.32 Å². The highest BCUT2D eigenvalue weighted by Crippen LogP contribution is 2.28. The van der Waals surface area contributed by atoms with E-state index < -0.39 is 5.60 Å². The molecule has 0 saturated carbocycles. The van der Waals surface area contributed by atoms with Crippen LogP contribution in [0.15, 0.2) is 18.2 Å². The summed E-state index contributed by atoms with van der Waals surface area (Å²) >= 11 is 6.17. The van der Waals surface area contributed by atoms with E-state index in [0.29, 0.717) is 36.1 Å². The second-order valence-corrected chi connectivity index (χ2v) is 5.79. The third-order valence-electron chi connectivity index (χ3n) is 3.43. The van der Waals surface area contributed by atoms with Crippen LogP contribution in [-0.2, 0) is 9.53 Å². The zero-order valence-electron chi connectivity index (χ0n) is 13.9. The molecule has 0 aliphatic heterocycles. The smallest absolute Gasteiger partial charge is 0.256 e. The third kappa shape index (κ3) is 5.18. The van der Waals surface area contributed by atoms with Crippen LogP contribution in [0.4, 0.5) is 5.69 Å². The first-order valence-corrected chi connectivity index (χ1v) is 8.22. The lowest BCUT2D eigenvalue weighted by Crippen LogP contribution is -2.42. The Bertz CT molecular complexity index is 493. The molecule has 0 aliphatic rings. The number of anilines is 1. The minimum Gasteiger partial charge on any atom is -0.492 e. The Hall–Kier alpha value is -1.26. The van der Waals surface area contributed by atoms with Crippen molar-refractivity contribution in [3.05, 3.63) is 23.2 Å². The molecule has 1 amide bonds. The van der Waals surface area contributed by atoms with E-state index >= 15 is 0 Å². The van der Waals surface area contributed by atoms with Gasteiger partial charge in [0, 0.05) is 12.3 Å². The summed E-state index contributed by atoms with van der Waals surface area (Å²) in [5.74, 6) is 0.462. The zero-order valence-corrected chi connectivity index (χ0v) is 14.6. The topological polar surface area (TPSA) is 47.6 Å². The SMILES string of the molecule is CCCOc1ccc(NC(=O)[C@@](C)(CC)OCCC)cc1Cl. The van der Waals surface area contributed by atoms with Crippen molar-refractivity contribution in [1.29, 1.82) is 0 Å². The maximum absolute atomic E-state index is 12.4. The maximum Gasteiger partial charge on any atom is 0.256 e. The molecule has 0 bridgehead atoms. The molecule has 0 saturated heterocycles. The predicted molar refractivity (Wildman–Crippen MR) is 90.8 cm³/mol. The number of nitrogens with one attached hydrogen (secondary N) is 1. The van der Waals surface area contributed by atoms with Crippen LogP contribution in [0, 0.1) is 0 Å². The molecule has 0 radical (unpaired) electrons. The van der Waals surface area contributed by atoms with Gasteiger partial charge in [-0.3, -0.25) is 4.79 Å². The molecule has 0 aromatic heterocycles. The fourth-order valence-electron chi connectivity index (χ4n) is 1.83. The van der Waals surface area contributed by atoms with Gasteiger partial charge in [0.05, 0.1) is 11.6 Å². The fraction of sp³-hybridized carbons (Fsp3) is 0.588. The van der Waals surface area contributed by atoms with E-state index in [-0.39, 0.29) is 5.91 Å². The molecular weight excluding hydrogens is 302 g/mol. The number of amides is 1. The van der Waals surface area contributed by atoms with E-state index in [1.54, 1.807) is 25.1 Å². The van der Waals surface area contributed by atoms with Gasteiger partial charge in [-0.15, -0.1) is 0 Å². The summed E-state index contributed by atoms with van der Waals surface area (Å²) in [5, 5.41) is 3.35. The number of benzene rings is 1. The van der Waals surface area contributed by atoms with Gasteiger partial charge in [-0.1, -0.05) is 32.4 Å². The zero-order chi connectivity index (χ0) is 16.6. The molecule has 4 nitrogen and oxygen atoms in total. The van der Waals surface area contributed by atoms with Gasteiger partial charge in [0.1, 0.15) is 11.4 Å². The number of ether oxygens (including phenoxy) is 2. The quantitative estimate of drug-likeness (QED) is 0.717. The van der Waals surface area contributed by atoms with Gasteiger partial charge in [-0.2, -0.15) is 0 Å². The summed E-state index contributed by atoms with van der Waals surface area (Å²) < 4.78 is 11.2. The van der Waals surface area contributed by atoms with Crippen LogP contribution in [0.1, 0.15) is 47.0 Å². The minimum absolute atomic E-state index is 0.165. The lowest BCUT2D eigenvalue weighted by atomic mass is 10.0. The van der Waals surface area contributed by atoms with E-state index in [1.807, 2.05) is 20.8 Å². The summed E-state index contributed by atoms with van der Waals surface area (Å²) in [6.45, 7) is 8.96. The Morgan fingerprint density at radius 3 is 2.45 bits per heavy atom. The van der Waals surface area contributed by atoms with Crippen molar-refractivity contribution in [3.8, 4) is 5.75 Å². The number of carbonyl (C=O) groups excluding carboxylic acids is 1. The molecule has 0 fully saturated rings. The number of hydrogen-bond acceptors (Lipinski definition) is 3. The highest BCUT2D eigenvalue weighted by atomic mass is 35.5. The summed E-state index contributed by atoms with van der Waals surface area (Å²) in [7, 11) is 0.